The Morgan fingerprint density at radius 2 is 1.65 bits per heavy atom. The average Bonchev–Trinajstić information content (AvgIpc) is 3.28. The van der Waals surface area contributed by atoms with Crippen molar-refractivity contribution in [2.45, 2.75) is 11.4 Å². The monoisotopic (exact) mass is 481 g/mol. The second kappa shape index (κ2) is 9.41. The number of aromatic nitrogens is 3. The lowest BCUT2D eigenvalue weighted by Gasteiger charge is -2.17. The summed E-state index contributed by atoms with van der Waals surface area (Å²) in [5.74, 6) is 0. The standard InChI is InChI=1S/C24H27N5O4S/c1-27(16-17-7-5-4-6-8-17)14-13-25-34(32,33)19-11-9-18(10-12-19)20-15-21-22(26-20)23(30)29(3)24(31)28(21)2/h4-12,15,25-26H,13-14,16H2,1-3H3. The molecule has 9 nitrogen and oxygen atoms in total. The number of fused-ring (bicyclic) bond motifs is 1. The molecule has 0 saturated heterocycles. The number of benzene rings is 2. The molecule has 0 amide bonds. The smallest absolute Gasteiger partial charge is 0.331 e. The fourth-order valence-corrected chi connectivity index (χ4v) is 4.87. The molecule has 2 aromatic heterocycles. The van der Waals surface area contributed by atoms with Crippen molar-refractivity contribution in [2.24, 2.45) is 14.1 Å². The highest BCUT2D eigenvalue weighted by atomic mass is 32.2. The maximum absolute atomic E-state index is 12.7. The molecule has 34 heavy (non-hydrogen) atoms. The highest BCUT2D eigenvalue weighted by Crippen LogP contribution is 2.23. The molecule has 0 atom stereocenters. The average molecular weight is 482 g/mol. The van der Waals surface area contributed by atoms with E-state index in [1.54, 1.807) is 25.2 Å². The van der Waals surface area contributed by atoms with Gasteiger partial charge in [-0.1, -0.05) is 42.5 Å². The van der Waals surface area contributed by atoms with E-state index >= 15 is 0 Å². The van der Waals surface area contributed by atoms with Crippen molar-refractivity contribution in [3.05, 3.63) is 87.1 Å². The maximum Gasteiger partial charge on any atom is 0.331 e. The molecule has 10 heteroatoms. The molecule has 178 valence electrons. The number of nitrogens with zero attached hydrogens (tertiary/aromatic N) is 3. The van der Waals surface area contributed by atoms with Crippen molar-refractivity contribution in [1.82, 2.24) is 23.7 Å². The van der Waals surface area contributed by atoms with Gasteiger partial charge in [0.2, 0.25) is 10.0 Å². The van der Waals surface area contributed by atoms with Crippen LogP contribution in [0.1, 0.15) is 5.56 Å². The van der Waals surface area contributed by atoms with Gasteiger partial charge >= 0.3 is 5.69 Å². The number of H-pyrrole nitrogens is 1. The Labute approximate surface area is 197 Å². The van der Waals surface area contributed by atoms with E-state index in [2.05, 4.69) is 14.6 Å². The van der Waals surface area contributed by atoms with Crippen LogP contribution in [-0.2, 0) is 30.7 Å². The van der Waals surface area contributed by atoms with Crippen LogP contribution in [0.5, 0.6) is 0 Å². The third kappa shape index (κ3) is 4.74. The summed E-state index contributed by atoms with van der Waals surface area (Å²) in [6, 6.07) is 18.1. The van der Waals surface area contributed by atoms with E-state index in [0.717, 1.165) is 11.1 Å². The molecule has 2 aromatic carbocycles. The molecule has 0 saturated carbocycles. The Bertz CT molecular complexity index is 1530. The van der Waals surface area contributed by atoms with Crippen molar-refractivity contribution < 1.29 is 8.42 Å². The van der Waals surface area contributed by atoms with E-state index in [0.29, 0.717) is 28.8 Å². The third-order valence-electron chi connectivity index (χ3n) is 5.81. The molecule has 0 aliphatic rings. The largest absolute Gasteiger partial charge is 0.349 e. The molecular formula is C24H27N5O4S. The predicted octanol–water partition coefficient (Wildman–Crippen LogP) is 1.64. The highest BCUT2D eigenvalue weighted by Gasteiger charge is 2.16. The first-order chi connectivity index (χ1) is 16.2. The molecule has 4 rings (SSSR count). The topological polar surface area (TPSA) is 109 Å². The lowest BCUT2D eigenvalue weighted by molar-refractivity contribution is 0.332. The van der Waals surface area contributed by atoms with Gasteiger partial charge in [-0.25, -0.2) is 17.9 Å². The fourth-order valence-electron chi connectivity index (χ4n) is 3.85. The number of aromatic amines is 1. The minimum atomic E-state index is -3.66. The van der Waals surface area contributed by atoms with Crippen LogP contribution in [0.3, 0.4) is 0 Å². The van der Waals surface area contributed by atoms with E-state index in [1.165, 1.54) is 29.3 Å². The molecule has 0 radical (unpaired) electrons. The summed E-state index contributed by atoms with van der Waals surface area (Å²) in [5, 5.41) is 0. The molecular weight excluding hydrogens is 454 g/mol. The summed E-state index contributed by atoms with van der Waals surface area (Å²) >= 11 is 0. The van der Waals surface area contributed by atoms with Crippen molar-refractivity contribution in [3.8, 4) is 11.3 Å². The number of aryl methyl sites for hydroxylation is 1. The lowest BCUT2D eigenvalue weighted by Crippen LogP contribution is -2.36. The van der Waals surface area contributed by atoms with Gasteiger partial charge in [-0.15, -0.1) is 0 Å². The third-order valence-corrected chi connectivity index (χ3v) is 7.28. The minimum absolute atomic E-state index is 0.154. The van der Waals surface area contributed by atoms with Gasteiger partial charge in [0.25, 0.3) is 5.56 Å². The zero-order valence-corrected chi connectivity index (χ0v) is 20.1. The Morgan fingerprint density at radius 3 is 2.32 bits per heavy atom. The zero-order valence-electron chi connectivity index (χ0n) is 19.3. The van der Waals surface area contributed by atoms with Crippen LogP contribution in [0.25, 0.3) is 22.3 Å². The molecule has 0 fully saturated rings. The molecule has 0 aliphatic heterocycles. The second-order valence-corrected chi connectivity index (χ2v) is 10.1. The van der Waals surface area contributed by atoms with Crippen LogP contribution in [0, 0.1) is 0 Å². The van der Waals surface area contributed by atoms with Gasteiger partial charge in [0, 0.05) is 39.4 Å². The van der Waals surface area contributed by atoms with E-state index in [1.807, 2.05) is 37.4 Å². The van der Waals surface area contributed by atoms with Gasteiger partial charge in [-0.3, -0.25) is 13.9 Å². The summed E-state index contributed by atoms with van der Waals surface area (Å²) in [4.78, 5) is 29.8. The number of sulfonamides is 1. The van der Waals surface area contributed by atoms with Gasteiger partial charge in [0.1, 0.15) is 5.52 Å². The van der Waals surface area contributed by atoms with Gasteiger partial charge in [0.05, 0.1) is 10.4 Å². The SMILES string of the molecule is CN(CCNS(=O)(=O)c1ccc(-c2cc3c([nH]2)c(=O)n(C)c(=O)n3C)cc1)Cc1ccccc1. The fraction of sp³-hybridized carbons (Fsp3) is 0.250. The van der Waals surface area contributed by atoms with Crippen LogP contribution < -0.4 is 16.0 Å². The van der Waals surface area contributed by atoms with Crippen molar-refractivity contribution >= 4 is 21.1 Å². The summed E-state index contributed by atoms with van der Waals surface area (Å²) in [5.41, 5.74) is 2.46. The number of hydrogen-bond acceptors (Lipinski definition) is 5. The number of nitrogens with one attached hydrogen (secondary N) is 2. The van der Waals surface area contributed by atoms with Gasteiger partial charge in [-0.05, 0) is 36.4 Å². The molecule has 0 spiro atoms. The van der Waals surface area contributed by atoms with E-state index in [-0.39, 0.29) is 11.4 Å². The first kappa shape index (κ1) is 23.7. The predicted molar refractivity (Wildman–Crippen MR) is 132 cm³/mol. The second-order valence-electron chi connectivity index (χ2n) is 8.29. The molecule has 0 bridgehead atoms. The molecule has 0 aliphatic carbocycles. The quantitative estimate of drug-likeness (QED) is 0.398. The Balaban J connectivity index is 1.45. The van der Waals surface area contributed by atoms with E-state index < -0.39 is 21.3 Å². The van der Waals surface area contributed by atoms with Crippen LogP contribution in [-0.4, -0.2) is 47.6 Å². The summed E-state index contributed by atoms with van der Waals surface area (Å²) in [6.45, 7) is 1.58. The first-order valence-corrected chi connectivity index (χ1v) is 12.3. The summed E-state index contributed by atoms with van der Waals surface area (Å²) < 4.78 is 30.5. The minimum Gasteiger partial charge on any atom is -0.349 e. The van der Waals surface area contributed by atoms with Crippen LogP contribution >= 0.6 is 0 Å². The zero-order chi connectivity index (χ0) is 24.5. The maximum atomic E-state index is 12.7. The normalized spacial score (nSPS) is 12.0. The molecule has 4 aromatic rings. The van der Waals surface area contributed by atoms with Crippen molar-refractivity contribution in [1.29, 1.82) is 0 Å². The summed E-state index contributed by atoms with van der Waals surface area (Å²) in [7, 11) is 1.31. The van der Waals surface area contributed by atoms with Crippen molar-refractivity contribution in [2.75, 3.05) is 20.1 Å². The molecule has 2 N–H and O–H groups in total. The number of rotatable bonds is 8. The van der Waals surface area contributed by atoms with Crippen LogP contribution in [0.15, 0.2) is 75.1 Å². The van der Waals surface area contributed by atoms with Crippen LogP contribution in [0.4, 0.5) is 0 Å². The van der Waals surface area contributed by atoms with Gasteiger partial charge < -0.3 is 9.88 Å². The van der Waals surface area contributed by atoms with E-state index in [4.69, 9.17) is 0 Å². The lowest BCUT2D eigenvalue weighted by atomic mass is 10.1. The number of hydrogen-bond donors (Lipinski definition) is 2. The van der Waals surface area contributed by atoms with Gasteiger partial charge in [-0.2, -0.15) is 0 Å². The van der Waals surface area contributed by atoms with Gasteiger partial charge in [0.15, 0.2) is 0 Å². The Morgan fingerprint density at radius 1 is 0.971 bits per heavy atom. The number of likely N-dealkylation sites (N-methyl/N-ethyl adjacent to an activating group) is 1. The Kier molecular flexibility index (Phi) is 6.56. The molecule has 2 heterocycles. The van der Waals surface area contributed by atoms with Crippen molar-refractivity contribution in [3.63, 3.8) is 0 Å². The first-order valence-electron chi connectivity index (χ1n) is 10.8. The molecule has 0 unspecified atom stereocenters. The summed E-state index contributed by atoms with van der Waals surface area (Å²) in [6.07, 6.45) is 0. The Hall–Kier alpha value is -3.47. The highest BCUT2D eigenvalue weighted by molar-refractivity contribution is 7.89. The van der Waals surface area contributed by atoms with Crippen LogP contribution in [0.2, 0.25) is 0 Å². The van der Waals surface area contributed by atoms with E-state index in [9.17, 15) is 18.0 Å².